The number of amides is 3. The summed E-state index contributed by atoms with van der Waals surface area (Å²) in [4.78, 5) is 65.8. The summed E-state index contributed by atoms with van der Waals surface area (Å²) in [6.45, 7) is 4.67. The molecule has 0 fully saturated rings. The number of carbonyl (C=O) groups excluding carboxylic acids is 3. The molecule has 8 atom stereocenters. The average molecular weight is 873 g/mol. The van der Waals surface area contributed by atoms with Crippen LogP contribution < -0.4 is 21.3 Å². The zero-order valence-electron chi connectivity index (χ0n) is 31.7. The molecule has 28 heteroatoms. The quantitative estimate of drug-likeness (QED) is 0.0465. The van der Waals surface area contributed by atoms with Crippen LogP contribution in [0.1, 0.15) is 63.8 Å². The summed E-state index contributed by atoms with van der Waals surface area (Å²) in [6, 6.07) is -5.71. The van der Waals surface area contributed by atoms with Gasteiger partial charge in [0.15, 0.2) is 0 Å². The molecule has 0 saturated heterocycles. The average Bonchev–Trinajstić information content (AvgIpc) is 3.79. The maximum Gasteiger partial charge on any atom is 0.397 e. The third-order valence-corrected chi connectivity index (χ3v) is 10.7. The van der Waals surface area contributed by atoms with Crippen molar-refractivity contribution in [3.05, 3.63) is 23.8 Å². The standard InChI is InChI=1S/C29H48N10O15S3/c1-7-21(55-6)24(29(45)46)33-27(42)23(17(4)20-14-39(37-35-20)9-11-54-57(50,51)52)32-25(40)18(12-15(2)28(43)44)31-26(41)22(30-5)16(3)19-13-38(36-34-19)8-10-53-56(47,48)49/h13-18,21-24,30H,7-12H2,1-6H3,(H,31,41)(H,32,40)(H,33,42)(H,43,44)(H,45,46)(H,47,48,49)(H,50,51,52)/t15?,16-,17-,18-,21?,22?,23?,24-/m0/s1. The maximum absolute atomic E-state index is 14.0. The number of hydrogen-bond acceptors (Lipinski definition) is 17. The molecular formula is C29H48N10O15S3. The van der Waals surface area contributed by atoms with Gasteiger partial charge in [0.25, 0.3) is 0 Å². The van der Waals surface area contributed by atoms with E-state index >= 15 is 0 Å². The highest BCUT2D eigenvalue weighted by molar-refractivity contribution is 7.99. The smallest absolute Gasteiger partial charge is 0.397 e. The molecule has 2 heterocycles. The molecular weight excluding hydrogens is 825 g/mol. The van der Waals surface area contributed by atoms with Crippen molar-refractivity contribution in [3.63, 3.8) is 0 Å². The number of nitrogens with one attached hydrogen (secondary N) is 4. The van der Waals surface area contributed by atoms with E-state index < -0.39 is 117 Å². The van der Waals surface area contributed by atoms with Crippen LogP contribution in [0.3, 0.4) is 0 Å². The van der Waals surface area contributed by atoms with E-state index in [1.165, 1.54) is 49.7 Å². The van der Waals surface area contributed by atoms with E-state index in [-0.39, 0.29) is 24.5 Å². The molecule has 0 aliphatic rings. The monoisotopic (exact) mass is 872 g/mol. The van der Waals surface area contributed by atoms with E-state index in [0.29, 0.717) is 6.42 Å². The van der Waals surface area contributed by atoms with Crippen LogP contribution in [0.25, 0.3) is 0 Å². The lowest BCUT2D eigenvalue weighted by Crippen LogP contribution is -2.60. The van der Waals surface area contributed by atoms with Gasteiger partial charge in [0, 0.05) is 29.5 Å². The van der Waals surface area contributed by atoms with Crippen LogP contribution in [-0.4, -0.2) is 152 Å². The first-order valence-electron chi connectivity index (χ1n) is 17.1. The normalized spacial score (nSPS) is 16.3. The molecule has 2 rings (SSSR count). The summed E-state index contributed by atoms with van der Waals surface area (Å²) in [7, 11) is -8.01. The first-order chi connectivity index (χ1) is 26.5. The molecule has 2 aromatic rings. The van der Waals surface area contributed by atoms with Crippen molar-refractivity contribution in [2.75, 3.05) is 26.5 Å². The molecule has 322 valence electrons. The Morgan fingerprint density at radius 1 is 0.754 bits per heavy atom. The first-order valence-corrected chi connectivity index (χ1v) is 21.1. The SMILES string of the molecule is CCC(SC)[C@H](NC(=O)C(NC(=O)[C@H](CC(C)C(=O)O)NC(=O)C(NC)[C@@H](C)c1cn(CCOS(=O)(=O)O)nn1)[C@@H](C)c1cn(CCOS(=O)(=O)O)nn1)C(=O)O. The third-order valence-electron chi connectivity index (χ3n) is 8.61. The molecule has 0 spiro atoms. The first kappa shape index (κ1) is 48.8. The van der Waals surface area contributed by atoms with Crippen LogP contribution in [0.5, 0.6) is 0 Å². The second-order valence-corrected chi connectivity index (χ2v) is 15.9. The second kappa shape index (κ2) is 22.0. The number of carboxylic acids is 2. The summed E-state index contributed by atoms with van der Waals surface area (Å²) in [6.07, 6.45) is 4.22. The summed E-state index contributed by atoms with van der Waals surface area (Å²) in [5.74, 6) is -8.48. The van der Waals surface area contributed by atoms with Crippen molar-refractivity contribution >= 4 is 62.2 Å². The van der Waals surface area contributed by atoms with Crippen LogP contribution >= 0.6 is 11.8 Å². The Labute approximate surface area is 332 Å². The fraction of sp³-hybridized carbons (Fsp3) is 0.690. The van der Waals surface area contributed by atoms with E-state index in [4.69, 9.17) is 9.11 Å². The Kier molecular flexibility index (Phi) is 18.8. The van der Waals surface area contributed by atoms with Crippen molar-refractivity contribution in [2.24, 2.45) is 5.92 Å². The number of hydrogen-bond donors (Lipinski definition) is 8. The molecule has 0 aromatic carbocycles. The molecule has 0 aliphatic heterocycles. The summed E-state index contributed by atoms with van der Waals surface area (Å²) < 4.78 is 72.0. The van der Waals surface area contributed by atoms with E-state index in [1.54, 1.807) is 20.1 Å². The molecule has 4 unspecified atom stereocenters. The minimum absolute atomic E-state index is 0.0623. The number of aliphatic carboxylic acids is 2. The zero-order valence-corrected chi connectivity index (χ0v) is 34.2. The number of thioether (sulfide) groups is 1. The van der Waals surface area contributed by atoms with Crippen LogP contribution in [0.15, 0.2) is 12.4 Å². The molecule has 3 amide bonds. The highest BCUT2D eigenvalue weighted by Gasteiger charge is 2.38. The van der Waals surface area contributed by atoms with Gasteiger partial charge in [-0.1, -0.05) is 38.1 Å². The van der Waals surface area contributed by atoms with Gasteiger partial charge in [-0.2, -0.15) is 28.6 Å². The van der Waals surface area contributed by atoms with Crippen molar-refractivity contribution in [3.8, 4) is 0 Å². The Hall–Kier alpha value is -4.32. The summed E-state index contributed by atoms with van der Waals surface area (Å²) >= 11 is 1.19. The van der Waals surface area contributed by atoms with Gasteiger partial charge in [0.2, 0.25) is 17.7 Å². The number of rotatable bonds is 26. The fourth-order valence-electron chi connectivity index (χ4n) is 5.40. The lowest BCUT2D eigenvalue weighted by atomic mass is 9.94. The van der Waals surface area contributed by atoms with Crippen molar-refractivity contribution < 1.29 is 68.5 Å². The van der Waals surface area contributed by atoms with Crippen molar-refractivity contribution in [1.82, 2.24) is 51.3 Å². The van der Waals surface area contributed by atoms with Crippen LogP contribution in [-0.2, 0) is 66.2 Å². The van der Waals surface area contributed by atoms with Crippen molar-refractivity contribution in [1.29, 1.82) is 0 Å². The van der Waals surface area contributed by atoms with Gasteiger partial charge < -0.3 is 31.5 Å². The highest BCUT2D eigenvalue weighted by atomic mass is 32.3. The number of nitrogens with zero attached hydrogens (tertiary/aromatic N) is 6. The maximum atomic E-state index is 14.0. The Balaban J connectivity index is 2.44. The van der Waals surface area contributed by atoms with Gasteiger partial charge in [0.1, 0.15) is 18.1 Å². The number of likely N-dealkylation sites (N-methyl/N-ethyl adjacent to an activating group) is 1. The van der Waals surface area contributed by atoms with Crippen LogP contribution in [0, 0.1) is 5.92 Å². The lowest BCUT2D eigenvalue weighted by Gasteiger charge is -2.30. The number of aromatic nitrogens is 6. The molecule has 25 nitrogen and oxygen atoms in total. The molecule has 2 aromatic heterocycles. The van der Waals surface area contributed by atoms with Crippen LogP contribution in [0.2, 0.25) is 0 Å². The fourth-order valence-corrected chi connectivity index (χ4v) is 6.76. The topological polar surface area (TPSA) is 363 Å². The molecule has 0 radical (unpaired) electrons. The highest BCUT2D eigenvalue weighted by Crippen LogP contribution is 2.22. The van der Waals surface area contributed by atoms with E-state index in [9.17, 15) is 51.0 Å². The molecule has 0 aliphatic carbocycles. The largest absolute Gasteiger partial charge is 0.481 e. The van der Waals surface area contributed by atoms with E-state index in [1.807, 2.05) is 0 Å². The Bertz CT molecular complexity index is 1910. The molecule has 0 saturated carbocycles. The van der Waals surface area contributed by atoms with E-state index in [0.717, 1.165) is 4.68 Å². The minimum atomic E-state index is -4.75. The number of carboxylic acid groups (broad SMARTS) is 2. The second-order valence-electron chi connectivity index (χ2n) is 12.7. The lowest BCUT2D eigenvalue weighted by molar-refractivity contribution is -0.142. The third kappa shape index (κ3) is 15.9. The van der Waals surface area contributed by atoms with Crippen molar-refractivity contribution in [2.45, 2.75) is 94.9 Å². The van der Waals surface area contributed by atoms with E-state index in [2.05, 4.69) is 50.3 Å². The predicted molar refractivity (Wildman–Crippen MR) is 197 cm³/mol. The zero-order chi connectivity index (χ0) is 43.2. The molecule has 57 heavy (non-hydrogen) atoms. The van der Waals surface area contributed by atoms with Gasteiger partial charge in [0.05, 0.1) is 49.7 Å². The summed E-state index contributed by atoms with van der Waals surface area (Å²) in [5.41, 5.74) is 0.301. The van der Waals surface area contributed by atoms with Gasteiger partial charge >= 0.3 is 32.7 Å². The van der Waals surface area contributed by atoms with Gasteiger partial charge in [-0.25, -0.2) is 22.5 Å². The predicted octanol–water partition coefficient (Wildman–Crippen LogP) is -2.20. The summed E-state index contributed by atoms with van der Waals surface area (Å²) in [5, 5.41) is 45.0. The van der Waals surface area contributed by atoms with Crippen LogP contribution in [0.4, 0.5) is 0 Å². The minimum Gasteiger partial charge on any atom is -0.481 e. The molecule has 8 N–H and O–H groups in total. The molecule has 0 bridgehead atoms. The van der Waals surface area contributed by atoms with Gasteiger partial charge in [-0.15, -0.1) is 10.2 Å². The Morgan fingerprint density at radius 3 is 1.61 bits per heavy atom. The number of carbonyl (C=O) groups is 5. The van der Waals surface area contributed by atoms with Gasteiger partial charge in [-0.05, 0) is 26.1 Å². The van der Waals surface area contributed by atoms with Gasteiger partial charge in [-0.3, -0.25) is 28.3 Å². The Morgan fingerprint density at radius 2 is 1.21 bits per heavy atom.